The van der Waals surface area contributed by atoms with Gasteiger partial charge in [0.1, 0.15) is 0 Å². The summed E-state index contributed by atoms with van der Waals surface area (Å²) in [6, 6.07) is 5.56. The van der Waals surface area contributed by atoms with Crippen LogP contribution in [-0.4, -0.2) is 37.1 Å². The fraction of sp³-hybridized carbons (Fsp3) is 0.500. The van der Waals surface area contributed by atoms with Crippen LogP contribution in [0.1, 0.15) is 84.8 Å². The van der Waals surface area contributed by atoms with Crippen molar-refractivity contribution in [2.24, 2.45) is 33.5 Å². The molecular weight excluding hydrogens is 555 g/mol. The Balaban J connectivity index is 0. The molecule has 6 nitrogen and oxygen atoms in total. The smallest absolute Gasteiger partial charge is 0.416 e. The van der Waals surface area contributed by atoms with E-state index in [2.05, 4.69) is 48.7 Å². The molecule has 1 aromatic carbocycles. The molecule has 4 unspecified atom stereocenters. The molecule has 0 aliphatic rings. The summed E-state index contributed by atoms with van der Waals surface area (Å²) >= 11 is 0. The average Bonchev–Trinajstić information content (AvgIpc) is 2.97. The molecule has 43 heavy (non-hydrogen) atoms. The minimum absolute atomic E-state index is 0.149. The van der Waals surface area contributed by atoms with E-state index in [9.17, 15) is 13.2 Å². The molecule has 1 rings (SSSR count). The van der Waals surface area contributed by atoms with E-state index in [4.69, 9.17) is 15.6 Å². The van der Waals surface area contributed by atoms with Crippen molar-refractivity contribution in [2.75, 3.05) is 7.11 Å². The highest BCUT2D eigenvalue weighted by Crippen LogP contribution is 2.32. The predicted molar refractivity (Wildman–Crippen MR) is 175 cm³/mol. The van der Waals surface area contributed by atoms with Gasteiger partial charge in [-0.2, -0.15) is 13.2 Å². The van der Waals surface area contributed by atoms with E-state index in [1.54, 1.807) is 12.1 Å². The highest BCUT2D eigenvalue weighted by molar-refractivity contribution is 5.67. The number of alkyl halides is 3. The maximum absolute atomic E-state index is 13.0. The van der Waals surface area contributed by atoms with Gasteiger partial charge in [-0.25, -0.2) is 9.98 Å². The topological polar surface area (TPSA) is 97.3 Å². The van der Waals surface area contributed by atoms with Gasteiger partial charge in [0.15, 0.2) is 12.6 Å². The molecule has 3 N–H and O–H groups in total. The molecule has 4 atom stereocenters. The first-order valence-corrected chi connectivity index (χ1v) is 14.6. The Labute approximate surface area is 257 Å². The predicted octanol–water partition coefficient (Wildman–Crippen LogP) is 9.35. The summed E-state index contributed by atoms with van der Waals surface area (Å²) in [6.07, 6.45) is 10.9. The molecule has 1 aromatic rings. The number of hydrogen-bond donors (Lipinski definition) is 2. The number of benzene rings is 1. The van der Waals surface area contributed by atoms with Crippen LogP contribution >= 0.6 is 0 Å². The third kappa shape index (κ3) is 19.2. The molecule has 9 heteroatoms. The minimum atomic E-state index is -4.32. The fourth-order valence-electron chi connectivity index (χ4n) is 3.82. The maximum atomic E-state index is 13.0. The number of methoxy groups -OCH3 is 1. The van der Waals surface area contributed by atoms with Gasteiger partial charge >= 0.3 is 6.18 Å². The number of nitrogens with zero attached hydrogens (tertiary/aromatic N) is 2. The Bertz CT molecular complexity index is 1060. The number of aliphatic imine (C=N–C) groups is 2. The van der Waals surface area contributed by atoms with Crippen LogP contribution in [0.5, 0.6) is 0 Å². The fourth-order valence-corrected chi connectivity index (χ4v) is 3.82. The molecule has 0 aliphatic carbocycles. The SMILES string of the molecule is C=C/C(=C\C=C(/CC)c1cccc(C(F)(F)F)c1)C(CC)CCC(C)CC.C=CC(C)C(/N=C\N)/N=C/OC.CC(=O)O. The number of aliphatic carboxylic acids is 1. The van der Waals surface area contributed by atoms with Gasteiger partial charge in [-0.15, -0.1) is 6.58 Å². The van der Waals surface area contributed by atoms with Crippen LogP contribution in [0.2, 0.25) is 0 Å². The number of carbonyl (C=O) groups is 1. The second kappa shape index (κ2) is 23.9. The molecule has 0 bridgehead atoms. The lowest BCUT2D eigenvalue weighted by Crippen LogP contribution is -2.13. The zero-order valence-electron chi connectivity index (χ0n) is 26.9. The van der Waals surface area contributed by atoms with Gasteiger partial charge in [0.25, 0.3) is 5.97 Å². The normalized spacial score (nSPS) is 14.9. The van der Waals surface area contributed by atoms with E-state index in [1.807, 2.05) is 32.1 Å². The van der Waals surface area contributed by atoms with Crippen LogP contribution in [0.25, 0.3) is 5.57 Å². The Morgan fingerprint density at radius 3 is 2.16 bits per heavy atom. The van der Waals surface area contributed by atoms with Crippen LogP contribution in [0.3, 0.4) is 0 Å². The van der Waals surface area contributed by atoms with Gasteiger partial charge in [-0.3, -0.25) is 4.79 Å². The number of nitrogens with two attached hydrogens (primary N) is 1. The minimum Gasteiger partial charge on any atom is -0.487 e. The Morgan fingerprint density at radius 1 is 1.09 bits per heavy atom. The highest BCUT2D eigenvalue weighted by Gasteiger charge is 2.30. The van der Waals surface area contributed by atoms with E-state index >= 15 is 0 Å². The Hall–Kier alpha value is -3.62. The van der Waals surface area contributed by atoms with Gasteiger partial charge in [-0.05, 0) is 59.9 Å². The summed E-state index contributed by atoms with van der Waals surface area (Å²) in [6.45, 7) is 19.3. The molecule has 0 radical (unpaired) electrons. The third-order valence-corrected chi connectivity index (χ3v) is 6.72. The molecular formula is C34H52F3N3O3. The Morgan fingerprint density at radius 2 is 1.72 bits per heavy atom. The average molecular weight is 608 g/mol. The molecule has 0 saturated carbocycles. The molecule has 0 saturated heterocycles. The largest absolute Gasteiger partial charge is 0.487 e. The van der Waals surface area contributed by atoms with E-state index in [0.717, 1.165) is 31.4 Å². The van der Waals surface area contributed by atoms with Crippen molar-refractivity contribution in [1.29, 1.82) is 0 Å². The first kappa shape index (κ1) is 41.5. The van der Waals surface area contributed by atoms with Gasteiger partial charge < -0.3 is 15.6 Å². The number of halogens is 3. The standard InChI is InChI=1S/C24H33F3.C8H15N3O.C2H4O2/c1-6-18(5)13-14-19(7-2)20(8-3)15-16-21(9-4)22-11-10-12-23(17-22)24(25,26)27;1-4-7(2)8(10-5-9)11-6-12-3;1-2(3)4/h8,10-12,15-19H,3,6-7,9,13-14H2,1-2,4-5H3;4-8H,1H2,2-3H3,(H2,9,10);1H3,(H,3,4)/b20-15+,21-16+;11-6+;. The lowest BCUT2D eigenvalue weighted by Gasteiger charge is -2.18. The summed E-state index contributed by atoms with van der Waals surface area (Å²) in [5.74, 6) is 0.459. The van der Waals surface area contributed by atoms with Crippen molar-refractivity contribution < 1.29 is 27.8 Å². The summed E-state index contributed by atoms with van der Waals surface area (Å²) in [5.41, 5.74) is 7.24. The summed E-state index contributed by atoms with van der Waals surface area (Å²) in [5, 5.41) is 7.42. The van der Waals surface area contributed by atoms with Crippen molar-refractivity contribution in [3.63, 3.8) is 0 Å². The first-order valence-electron chi connectivity index (χ1n) is 14.6. The monoisotopic (exact) mass is 607 g/mol. The van der Waals surface area contributed by atoms with Crippen molar-refractivity contribution in [3.05, 3.63) is 78.4 Å². The van der Waals surface area contributed by atoms with Crippen LogP contribution in [-0.2, 0) is 15.7 Å². The van der Waals surface area contributed by atoms with Crippen LogP contribution in [0.15, 0.2) is 77.3 Å². The molecule has 0 amide bonds. The van der Waals surface area contributed by atoms with Gasteiger partial charge in [-0.1, -0.05) is 90.5 Å². The number of ether oxygens (including phenoxy) is 1. The van der Waals surface area contributed by atoms with Crippen LogP contribution in [0, 0.1) is 17.8 Å². The number of carboxylic acid groups (broad SMARTS) is 1. The summed E-state index contributed by atoms with van der Waals surface area (Å²) in [4.78, 5) is 16.9. The van der Waals surface area contributed by atoms with E-state index in [1.165, 1.54) is 50.4 Å². The number of allylic oxidation sites excluding steroid dienone is 5. The molecule has 0 aliphatic heterocycles. The molecule has 0 fully saturated rings. The van der Waals surface area contributed by atoms with Gasteiger partial charge in [0, 0.05) is 12.8 Å². The van der Waals surface area contributed by atoms with Crippen molar-refractivity contribution in [1.82, 2.24) is 0 Å². The second-order valence-corrected chi connectivity index (χ2v) is 10.0. The molecule has 0 spiro atoms. The number of hydrogen-bond acceptors (Lipinski definition) is 4. The molecule has 0 heterocycles. The number of rotatable bonds is 15. The van der Waals surface area contributed by atoms with Crippen LogP contribution in [0.4, 0.5) is 13.2 Å². The lowest BCUT2D eigenvalue weighted by molar-refractivity contribution is -0.137. The third-order valence-electron chi connectivity index (χ3n) is 6.72. The van der Waals surface area contributed by atoms with Gasteiger partial charge in [0.2, 0.25) is 0 Å². The highest BCUT2D eigenvalue weighted by atomic mass is 19.4. The summed E-state index contributed by atoms with van der Waals surface area (Å²) in [7, 11) is 1.53. The van der Waals surface area contributed by atoms with Crippen molar-refractivity contribution in [2.45, 2.75) is 86.0 Å². The van der Waals surface area contributed by atoms with Crippen LogP contribution < -0.4 is 5.73 Å². The van der Waals surface area contributed by atoms with E-state index in [-0.39, 0.29) is 12.1 Å². The lowest BCUT2D eigenvalue weighted by atomic mass is 9.87. The van der Waals surface area contributed by atoms with Crippen molar-refractivity contribution in [3.8, 4) is 0 Å². The van der Waals surface area contributed by atoms with Gasteiger partial charge in [0.05, 0.1) is 19.0 Å². The zero-order chi connectivity index (χ0) is 33.4. The second-order valence-electron chi connectivity index (χ2n) is 10.0. The molecule has 0 aromatic heterocycles. The maximum Gasteiger partial charge on any atom is 0.416 e. The summed E-state index contributed by atoms with van der Waals surface area (Å²) < 4.78 is 43.6. The van der Waals surface area contributed by atoms with E-state index in [0.29, 0.717) is 23.8 Å². The molecule has 242 valence electrons. The first-order chi connectivity index (χ1) is 20.2. The zero-order valence-corrected chi connectivity index (χ0v) is 26.9. The van der Waals surface area contributed by atoms with E-state index < -0.39 is 17.7 Å². The quantitative estimate of drug-likeness (QED) is 0.0898. The number of carboxylic acids is 1. The Kier molecular flexibility index (Phi) is 23.1. The van der Waals surface area contributed by atoms with Crippen molar-refractivity contribution >= 4 is 24.3 Å².